The van der Waals surface area contributed by atoms with Gasteiger partial charge >= 0.3 is 18.1 Å². The first-order valence-corrected chi connectivity index (χ1v) is 10.1. The molecule has 0 saturated carbocycles. The van der Waals surface area contributed by atoms with E-state index in [1.165, 1.54) is 13.0 Å². The number of rotatable bonds is 6. The summed E-state index contributed by atoms with van der Waals surface area (Å²) in [6.45, 7) is 10.8. The second-order valence-electron chi connectivity index (χ2n) is 8.13. The number of ketones is 1. The summed E-state index contributed by atoms with van der Waals surface area (Å²) in [5, 5.41) is 9.56. The maximum absolute atomic E-state index is 12.7. The first-order chi connectivity index (χ1) is 14.0. The number of ether oxygens (including phenoxy) is 3. The van der Waals surface area contributed by atoms with Crippen LogP contribution in [-0.2, 0) is 28.6 Å². The maximum Gasteiger partial charge on any atom is 0.508 e. The minimum Gasteiger partial charge on any atom is -0.478 e. The number of allylic oxidation sites excluding steroid dienone is 2. The molecule has 0 aromatic heterocycles. The minimum atomic E-state index is -1.25. The Labute approximate surface area is 177 Å². The van der Waals surface area contributed by atoms with Crippen molar-refractivity contribution in [1.29, 1.82) is 0 Å². The smallest absolute Gasteiger partial charge is 0.478 e. The number of methoxy groups -OCH3 is 1. The Hall–Kier alpha value is -2.64. The number of carbonyl (C=O) groups is 4. The van der Waals surface area contributed by atoms with Crippen LogP contribution in [0.15, 0.2) is 24.3 Å². The van der Waals surface area contributed by atoms with Gasteiger partial charge in [-0.1, -0.05) is 40.3 Å². The molecular weight excluding hydrogens is 392 g/mol. The van der Waals surface area contributed by atoms with Gasteiger partial charge in [0.25, 0.3) is 0 Å². The van der Waals surface area contributed by atoms with Gasteiger partial charge in [0.1, 0.15) is 6.10 Å². The van der Waals surface area contributed by atoms with Gasteiger partial charge in [-0.05, 0) is 30.8 Å². The normalized spacial score (nSPS) is 28.3. The van der Waals surface area contributed by atoms with E-state index in [0.717, 1.165) is 7.11 Å². The zero-order chi connectivity index (χ0) is 23.0. The zero-order valence-corrected chi connectivity index (χ0v) is 18.3. The molecule has 0 radical (unpaired) electrons. The van der Waals surface area contributed by atoms with E-state index in [1.54, 1.807) is 6.08 Å². The molecule has 1 rings (SSSR count). The lowest BCUT2D eigenvalue weighted by Crippen LogP contribution is -2.47. The van der Waals surface area contributed by atoms with Crippen molar-refractivity contribution in [3.05, 3.63) is 24.3 Å². The molecule has 0 unspecified atom stereocenters. The highest BCUT2D eigenvalue weighted by molar-refractivity contribution is 5.92. The van der Waals surface area contributed by atoms with Crippen molar-refractivity contribution in [2.45, 2.75) is 59.2 Å². The number of hydrogen-bond acceptors (Lipinski definition) is 7. The van der Waals surface area contributed by atoms with Crippen LogP contribution in [-0.4, -0.2) is 48.3 Å². The lowest BCUT2D eigenvalue weighted by molar-refractivity contribution is -0.166. The number of carboxylic acid groups (broad SMARTS) is 1. The van der Waals surface area contributed by atoms with Crippen molar-refractivity contribution in [1.82, 2.24) is 0 Å². The number of carboxylic acids is 1. The van der Waals surface area contributed by atoms with Crippen molar-refractivity contribution >= 4 is 23.9 Å². The van der Waals surface area contributed by atoms with Crippen molar-refractivity contribution in [3.63, 3.8) is 0 Å². The molecule has 0 spiro atoms. The molecule has 0 fully saturated rings. The van der Waals surface area contributed by atoms with Gasteiger partial charge in [-0.2, -0.15) is 0 Å². The van der Waals surface area contributed by atoms with E-state index >= 15 is 0 Å². The van der Waals surface area contributed by atoms with Crippen LogP contribution < -0.4 is 0 Å². The first-order valence-electron chi connectivity index (χ1n) is 10.1. The standard InChI is InChI=1S/C22H32O8/c1-12(2)11-18(24)29-20-16(14(4)21(25)26)9-7-13(3)8-10-17(23)15(5)19(20)30-22(27)28-6/h8,10,12-13,15-16,19-20H,4,7,9,11H2,1-3,5-6H3,(H,25,26)/b10-8-/t13-,15+,16+,19+,20-/m0/s1. The minimum absolute atomic E-state index is 0.000135. The van der Waals surface area contributed by atoms with E-state index in [-0.39, 0.29) is 29.6 Å². The van der Waals surface area contributed by atoms with Crippen LogP contribution >= 0.6 is 0 Å². The SMILES string of the molecule is C=C(C(=O)O)[C@H]1CC[C@H](C)/C=C\C(=O)[C@@H](C)[C@@H](OC(=O)OC)[C@H]1OC(=O)CC(C)C. The highest BCUT2D eigenvalue weighted by atomic mass is 16.7. The molecule has 0 bridgehead atoms. The van der Waals surface area contributed by atoms with E-state index in [4.69, 9.17) is 9.47 Å². The number of esters is 1. The van der Waals surface area contributed by atoms with Gasteiger partial charge in [-0.15, -0.1) is 0 Å². The van der Waals surface area contributed by atoms with E-state index in [9.17, 15) is 24.3 Å². The quantitative estimate of drug-likeness (QED) is 0.508. The first kappa shape index (κ1) is 25.4. The Bertz CT molecular complexity index is 693. The van der Waals surface area contributed by atoms with E-state index in [2.05, 4.69) is 11.3 Å². The maximum atomic E-state index is 12.7. The van der Waals surface area contributed by atoms with Gasteiger partial charge < -0.3 is 19.3 Å². The predicted octanol–water partition coefficient (Wildman–Crippen LogP) is 3.54. The molecule has 0 heterocycles. The third-order valence-electron chi connectivity index (χ3n) is 5.15. The molecule has 0 saturated heterocycles. The summed E-state index contributed by atoms with van der Waals surface area (Å²) in [6.07, 6.45) is 0.598. The van der Waals surface area contributed by atoms with E-state index < -0.39 is 42.1 Å². The average molecular weight is 424 g/mol. The van der Waals surface area contributed by atoms with Gasteiger partial charge in [0.05, 0.1) is 13.0 Å². The van der Waals surface area contributed by atoms with Crippen LogP contribution in [0.5, 0.6) is 0 Å². The van der Waals surface area contributed by atoms with Crippen molar-refractivity contribution in [2.75, 3.05) is 7.11 Å². The fourth-order valence-corrected chi connectivity index (χ4v) is 3.33. The largest absolute Gasteiger partial charge is 0.508 e. The van der Waals surface area contributed by atoms with Crippen LogP contribution in [0, 0.1) is 23.7 Å². The molecule has 0 aliphatic heterocycles. The Morgan fingerprint density at radius 2 is 1.80 bits per heavy atom. The lowest BCUT2D eigenvalue weighted by Gasteiger charge is -2.36. The number of hydrogen-bond donors (Lipinski definition) is 1. The summed E-state index contributed by atoms with van der Waals surface area (Å²) in [4.78, 5) is 48.8. The molecule has 168 valence electrons. The van der Waals surface area contributed by atoms with Crippen LogP contribution in [0.1, 0.15) is 47.0 Å². The molecule has 1 N–H and O–H groups in total. The topological polar surface area (TPSA) is 116 Å². The fourth-order valence-electron chi connectivity index (χ4n) is 3.33. The van der Waals surface area contributed by atoms with Gasteiger partial charge in [0.15, 0.2) is 11.9 Å². The van der Waals surface area contributed by atoms with Gasteiger partial charge in [-0.25, -0.2) is 9.59 Å². The lowest BCUT2D eigenvalue weighted by atomic mass is 9.79. The van der Waals surface area contributed by atoms with Gasteiger partial charge in [-0.3, -0.25) is 9.59 Å². The highest BCUT2D eigenvalue weighted by Crippen LogP contribution is 2.33. The molecule has 0 amide bonds. The molecule has 5 atom stereocenters. The zero-order valence-electron chi connectivity index (χ0n) is 18.3. The molecular formula is C22H32O8. The van der Waals surface area contributed by atoms with Gasteiger partial charge in [0, 0.05) is 17.9 Å². The Balaban J connectivity index is 3.50. The summed E-state index contributed by atoms with van der Waals surface area (Å²) in [6, 6.07) is 0. The summed E-state index contributed by atoms with van der Waals surface area (Å²) < 4.78 is 15.6. The van der Waals surface area contributed by atoms with Crippen molar-refractivity contribution < 1.29 is 38.5 Å². The highest BCUT2D eigenvalue weighted by Gasteiger charge is 2.43. The number of aliphatic carboxylic acids is 1. The second kappa shape index (κ2) is 11.5. The monoisotopic (exact) mass is 424 g/mol. The molecule has 8 nitrogen and oxygen atoms in total. The van der Waals surface area contributed by atoms with Crippen molar-refractivity contribution in [3.8, 4) is 0 Å². The number of carbonyl (C=O) groups excluding carboxylic acids is 3. The van der Waals surface area contributed by atoms with Gasteiger partial charge in [0.2, 0.25) is 0 Å². The summed E-state index contributed by atoms with van der Waals surface area (Å²) >= 11 is 0. The average Bonchev–Trinajstić information content (AvgIpc) is 2.67. The molecule has 1 aliphatic carbocycles. The van der Waals surface area contributed by atoms with E-state index in [0.29, 0.717) is 12.8 Å². The molecule has 0 aromatic rings. The Morgan fingerprint density at radius 3 is 2.33 bits per heavy atom. The molecule has 8 heteroatoms. The Kier molecular flexibility index (Phi) is 9.75. The Morgan fingerprint density at radius 1 is 1.17 bits per heavy atom. The molecule has 1 aliphatic rings. The van der Waals surface area contributed by atoms with Crippen LogP contribution in [0.25, 0.3) is 0 Å². The summed E-state index contributed by atoms with van der Waals surface area (Å²) in [5.41, 5.74) is -0.174. The second-order valence-corrected chi connectivity index (χ2v) is 8.13. The summed E-state index contributed by atoms with van der Waals surface area (Å²) in [5.74, 6) is -3.90. The summed E-state index contributed by atoms with van der Waals surface area (Å²) in [7, 11) is 1.12. The third kappa shape index (κ3) is 7.31. The van der Waals surface area contributed by atoms with E-state index in [1.807, 2.05) is 20.8 Å². The molecule has 30 heavy (non-hydrogen) atoms. The third-order valence-corrected chi connectivity index (χ3v) is 5.15. The van der Waals surface area contributed by atoms with Crippen molar-refractivity contribution in [2.24, 2.45) is 23.7 Å². The van der Waals surface area contributed by atoms with Crippen LogP contribution in [0.4, 0.5) is 4.79 Å². The predicted molar refractivity (Wildman–Crippen MR) is 109 cm³/mol. The fraction of sp³-hybridized carbons (Fsp3) is 0.636. The van der Waals surface area contributed by atoms with Crippen LogP contribution in [0.2, 0.25) is 0 Å². The molecule has 0 aromatic carbocycles. The van der Waals surface area contributed by atoms with Crippen LogP contribution in [0.3, 0.4) is 0 Å².